The Morgan fingerprint density at radius 3 is 1.25 bits per heavy atom. The van der Waals surface area contributed by atoms with Crippen molar-refractivity contribution < 1.29 is 19.1 Å². The number of nitrogens with two attached hydrogens (primary N) is 2. The Balaban J connectivity index is 0.000000320. The Bertz CT molecular complexity index is 548. The Morgan fingerprint density at radius 2 is 1.00 bits per heavy atom. The van der Waals surface area contributed by atoms with Gasteiger partial charge in [0.2, 0.25) is 0 Å². The van der Waals surface area contributed by atoms with Crippen molar-refractivity contribution in [1.29, 1.82) is 0 Å². The molecule has 2 rings (SSSR count). The summed E-state index contributed by atoms with van der Waals surface area (Å²) in [6.07, 6.45) is 5.15. The van der Waals surface area contributed by atoms with E-state index in [9.17, 15) is 9.59 Å². The predicted molar refractivity (Wildman–Crippen MR) is 128 cm³/mol. The van der Waals surface area contributed by atoms with Crippen LogP contribution in [0.4, 0.5) is 9.59 Å². The molecule has 0 unspecified atom stereocenters. The maximum atomic E-state index is 11.6. The minimum atomic E-state index is -0.432. The molecule has 8 heteroatoms. The lowest BCUT2D eigenvalue weighted by atomic mass is 9.83. The van der Waals surface area contributed by atoms with Crippen molar-refractivity contribution in [3.63, 3.8) is 0 Å². The molecule has 2 aliphatic rings. The van der Waals surface area contributed by atoms with Gasteiger partial charge in [-0.3, -0.25) is 0 Å². The highest BCUT2D eigenvalue weighted by atomic mass is 16.6. The Kier molecular flexibility index (Phi) is 10.7. The third kappa shape index (κ3) is 11.9. The second-order valence-electron chi connectivity index (χ2n) is 11.6. The van der Waals surface area contributed by atoms with Crippen LogP contribution in [0.2, 0.25) is 0 Å². The topological polar surface area (TPSA) is 129 Å². The summed E-state index contributed by atoms with van der Waals surface area (Å²) < 4.78 is 10.5. The fourth-order valence-corrected chi connectivity index (χ4v) is 4.22. The van der Waals surface area contributed by atoms with Crippen LogP contribution in [0.1, 0.15) is 93.9 Å². The minimum Gasteiger partial charge on any atom is -0.444 e. The molecule has 2 amide bonds. The van der Waals surface area contributed by atoms with Gasteiger partial charge in [0.25, 0.3) is 0 Å². The van der Waals surface area contributed by atoms with Crippen molar-refractivity contribution in [2.75, 3.05) is 0 Å². The van der Waals surface area contributed by atoms with Crippen molar-refractivity contribution in [1.82, 2.24) is 10.6 Å². The van der Waals surface area contributed by atoms with Crippen LogP contribution in [0.25, 0.3) is 0 Å². The number of hydrogen-bond acceptors (Lipinski definition) is 6. The molecule has 0 saturated heterocycles. The molecule has 2 saturated carbocycles. The van der Waals surface area contributed by atoms with Crippen LogP contribution < -0.4 is 22.1 Å². The maximum absolute atomic E-state index is 11.6. The molecule has 0 aromatic heterocycles. The van der Waals surface area contributed by atoms with E-state index >= 15 is 0 Å². The third-order valence-corrected chi connectivity index (χ3v) is 5.82. The third-order valence-electron chi connectivity index (χ3n) is 5.82. The number of nitrogens with one attached hydrogen (secondary N) is 2. The average molecular weight is 457 g/mol. The second-order valence-corrected chi connectivity index (χ2v) is 11.6. The van der Waals surface area contributed by atoms with Crippen molar-refractivity contribution in [2.45, 2.75) is 129 Å². The van der Waals surface area contributed by atoms with Crippen molar-refractivity contribution in [2.24, 2.45) is 23.3 Å². The Labute approximate surface area is 194 Å². The smallest absolute Gasteiger partial charge is 0.407 e. The quantitative estimate of drug-likeness (QED) is 0.496. The van der Waals surface area contributed by atoms with Gasteiger partial charge >= 0.3 is 12.2 Å². The molecule has 8 nitrogen and oxygen atoms in total. The molecule has 32 heavy (non-hydrogen) atoms. The molecule has 0 spiro atoms. The van der Waals surface area contributed by atoms with E-state index in [1.807, 2.05) is 41.5 Å². The van der Waals surface area contributed by atoms with E-state index in [0.29, 0.717) is 11.8 Å². The maximum Gasteiger partial charge on any atom is 0.407 e. The van der Waals surface area contributed by atoms with E-state index < -0.39 is 11.2 Å². The molecule has 2 fully saturated rings. The van der Waals surface area contributed by atoms with Crippen molar-refractivity contribution in [3.8, 4) is 0 Å². The van der Waals surface area contributed by atoms with Gasteiger partial charge in [-0.25, -0.2) is 9.59 Å². The van der Waals surface area contributed by atoms with E-state index in [2.05, 4.69) is 24.5 Å². The molecule has 188 valence electrons. The predicted octanol–water partition coefficient (Wildman–Crippen LogP) is 4.05. The molecule has 0 aliphatic heterocycles. The van der Waals surface area contributed by atoms with Gasteiger partial charge in [-0.15, -0.1) is 0 Å². The normalized spacial score (nSPS) is 30.9. The molecule has 0 heterocycles. The number of alkyl carbamates (subject to hydrolysis) is 2. The number of carbonyl (C=O) groups excluding carboxylic acids is 2. The minimum absolute atomic E-state index is 0.203. The van der Waals surface area contributed by atoms with Gasteiger partial charge in [0.15, 0.2) is 0 Å². The van der Waals surface area contributed by atoms with Gasteiger partial charge in [-0.1, -0.05) is 13.8 Å². The van der Waals surface area contributed by atoms with E-state index in [-0.39, 0.29) is 36.4 Å². The molecule has 0 bridgehead atoms. The van der Waals surface area contributed by atoms with Crippen LogP contribution >= 0.6 is 0 Å². The molecular weight excluding hydrogens is 408 g/mol. The standard InChI is InChI=1S/2C12H24N2O2/c2*1-8-7-9(13)5-6-10(8)14-11(15)16-12(2,3)4/h2*8-10H,5-7,13H2,1-4H3,(H,14,15)/t2*8-,9-,10-/m10/s1. The molecule has 0 aromatic rings. The second kappa shape index (κ2) is 12.1. The van der Waals surface area contributed by atoms with Gasteiger partial charge in [-0.05, 0) is 91.9 Å². The number of ether oxygens (including phenoxy) is 2. The molecule has 0 radical (unpaired) electrons. The lowest BCUT2D eigenvalue weighted by Crippen LogP contribution is -2.47. The summed E-state index contributed by atoms with van der Waals surface area (Å²) in [6, 6.07) is 0.975. The van der Waals surface area contributed by atoms with Crippen LogP contribution in [0.5, 0.6) is 0 Å². The zero-order valence-corrected chi connectivity index (χ0v) is 21.5. The summed E-state index contributed by atoms with van der Waals surface area (Å²) in [5.74, 6) is 0.854. The molecule has 6 atom stereocenters. The number of carbonyl (C=O) groups is 2. The van der Waals surface area contributed by atoms with Crippen LogP contribution in [0, 0.1) is 11.8 Å². The molecular formula is C24H48N4O4. The average Bonchev–Trinajstić information content (AvgIpc) is 2.57. The highest BCUT2D eigenvalue weighted by Gasteiger charge is 2.29. The first-order valence-corrected chi connectivity index (χ1v) is 12.1. The summed E-state index contributed by atoms with van der Waals surface area (Å²) in [4.78, 5) is 23.2. The van der Waals surface area contributed by atoms with Crippen molar-refractivity contribution >= 4 is 12.2 Å². The summed E-state index contributed by atoms with van der Waals surface area (Å²) >= 11 is 0. The molecule has 2 aliphatic carbocycles. The number of hydrogen-bond donors (Lipinski definition) is 4. The fourth-order valence-electron chi connectivity index (χ4n) is 4.22. The number of rotatable bonds is 2. The SMILES string of the molecule is C[C@@H]1C[C@H](N)CC[C@H]1NC(=O)OC(C)(C)C.C[C@H]1C[C@@H](N)CC[C@@H]1NC(=O)OC(C)(C)C. The first-order valence-electron chi connectivity index (χ1n) is 12.1. The Morgan fingerprint density at radius 1 is 0.688 bits per heavy atom. The van der Waals surface area contributed by atoms with Gasteiger partial charge < -0.3 is 31.6 Å². The lowest BCUT2D eigenvalue weighted by Gasteiger charge is -2.33. The van der Waals surface area contributed by atoms with Gasteiger partial charge in [0, 0.05) is 24.2 Å². The first-order chi connectivity index (χ1) is 14.6. The van der Waals surface area contributed by atoms with Gasteiger partial charge in [-0.2, -0.15) is 0 Å². The van der Waals surface area contributed by atoms with Crippen LogP contribution in [-0.2, 0) is 9.47 Å². The zero-order valence-electron chi connectivity index (χ0n) is 21.5. The van der Waals surface area contributed by atoms with Crippen molar-refractivity contribution in [3.05, 3.63) is 0 Å². The van der Waals surface area contributed by atoms with E-state index in [1.165, 1.54) is 0 Å². The zero-order chi connectivity index (χ0) is 24.7. The number of amides is 2. The lowest BCUT2D eigenvalue weighted by molar-refractivity contribution is 0.0458. The highest BCUT2D eigenvalue weighted by molar-refractivity contribution is 5.68. The largest absolute Gasteiger partial charge is 0.444 e. The first kappa shape index (κ1) is 28.5. The van der Waals surface area contributed by atoms with Crippen LogP contribution in [0.3, 0.4) is 0 Å². The van der Waals surface area contributed by atoms with E-state index in [4.69, 9.17) is 20.9 Å². The fraction of sp³-hybridized carbons (Fsp3) is 0.917. The van der Waals surface area contributed by atoms with Gasteiger partial charge in [0.1, 0.15) is 11.2 Å². The molecule has 6 N–H and O–H groups in total. The monoisotopic (exact) mass is 456 g/mol. The summed E-state index contributed by atoms with van der Waals surface area (Å²) in [6.45, 7) is 15.5. The van der Waals surface area contributed by atoms with Crippen LogP contribution in [-0.4, -0.2) is 47.6 Å². The highest BCUT2D eigenvalue weighted by Crippen LogP contribution is 2.24. The van der Waals surface area contributed by atoms with E-state index in [1.54, 1.807) is 0 Å². The van der Waals surface area contributed by atoms with Crippen LogP contribution in [0.15, 0.2) is 0 Å². The van der Waals surface area contributed by atoms with Gasteiger partial charge in [0.05, 0.1) is 0 Å². The summed E-state index contributed by atoms with van der Waals surface area (Å²) in [5.41, 5.74) is 10.9. The van der Waals surface area contributed by atoms with E-state index in [0.717, 1.165) is 38.5 Å². The summed E-state index contributed by atoms with van der Waals surface area (Å²) in [5, 5.41) is 5.86. The Hall–Kier alpha value is -1.54. The molecule has 0 aromatic carbocycles. The summed E-state index contributed by atoms with van der Waals surface area (Å²) in [7, 11) is 0.